The van der Waals surface area contributed by atoms with Crippen molar-refractivity contribution < 1.29 is 13.2 Å². The summed E-state index contributed by atoms with van der Waals surface area (Å²) < 4.78 is 31.2. The topological polar surface area (TPSA) is 67.2 Å². The van der Waals surface area contributed by atoms with Crippen molar-refractivity contribution in [3.8, 4) is 17.6 Å². The van der Waals surface area contributed by atoms with Crippen LogP contribution in [0.25, 0.3) is 6.08 Å². The number of rotatable bonds is 5. The van der Waals surface area contributed by atoms with Crippen molar-refractivity contribution in [3.05, 3.63) is 80.8 Å². The van der Waals surface area contributed by atoms with Crippen molar-refractivity contribution in [2.75, 3.05) is 0 Å². The average Bonchev–Trinajstić information content (AvgIpc) is 3.07. The molecule has 7 heteroatoms. The summed E-state index contributed by atoms with van der Waals surface area (Å²) in [5.74, 6) is 1.11. The number of sulfone groups is 1. The van der Waals surface area contributed by atoms with E-state index in [0.29, 0.717) is 21.4 Å². The second-order valence-electron chi connectivity index (χ2n) is 5.14. The van der Waals surface area contributed by atoms with Crippen LogP contribution < -0.4 is 4.74 Å². The molecule has 0 N–H and O–H groups in total. The Bertz CT molecular complexity index is 1080. The zero-order valence-corrected chi connectivity index (χ0v) is 15.7. The zero-order valence-electron chi connectivity index (χ0n) is 13.3. The third-order valence-electron chi connectivity index (χ3n) is 3.41. The maximum Gasteiger partial charge on any atom is 0.216 e. The van der Waals surface area contributed by atoms with Crippen LogP contribution in [0.1, 0.15) is 4.88 Å². The van der Waals surface area contributed by atoms with Gasteiger partial charge in [0, 0.05) is 5.02 Å². The molecule has 0 bridgehead atoms. The monoisotopic (exact) mass is 401 g/mol. The van der Waals surface area contributed by atoms with Gasteiger partial charge in [0.1, 0.15) is 17.6 Å². The SMILES string of the molecule is N#C/C(=C\c1sccc1Oc1ccccc1)S(=O)(=O)c1ccc(Cl)cc1. The van der Waals surface area contributed by atoms with Gasteiger partial charge >= 0.3 is 0 Å². The van der Waals surface area contributed by atoms with Gasteiger partial charge in [-0.1, -0.05) is 29.8 Å². The largest absolute Gasteiger partial charge is 0.456 e. The van der Waals surface area contributed by atoms with Crippen LogP contribution in [0.15, 0.2) is 75.8 Å². The highest BCUT2D eigenvalue weighted by Gasteiger charge is 2.21. The van der Waals surface area contributed by atoms with Crippen molar-refractivity contribution in [3.63, 3.8) is 0 Å². The number of hydrogen-bond acceptors (Lipinski definition) is 5. The molecular formula is C19H12ClNO3S2. The Morgan fingerprint density at radius 3 is 2.42 bits per heavy atom. The van der Waals surface area contributed by atoms with E-state index in [0.717, 1.165) is 0 Å². The molecule has 0 saturated carbocycles. The number of nitrogens with zero attached hydrogens (tertiary/aromatic N) is 1. The second kappa shape index (κ2) is 7.75. The minimum Gasteiger partial charge on any atom is -0.456 e. The first-order valence-electron chi connectivity index (χ1n) is 7.43. The van der Waals surface area contributed by atoms with Crippen LogP contribution in [0.2, 0.25) is 5.02 Å². The van der Waals surface area contributed by atoms with E-state index in [2.05, 4.69) is 0 Å². The lowest BCUT2D eigenvalue weighted by molar-refractivity contribution is 0.484. The molecule has 3 aromatic rings. The van der Waals surface area contributed by atoms with Crippen molar-refractivity contribution >= 4 is 38.9 Å². The van der Waals surface area contributed by atoms with Gasteiger partial charge in [0.05, 0.1) is 9.77 Å². The number of nitriles is 1. The van der Waals surface area contributed by atoms with Crippen molar-refractivity contribution in [2.24, 2.45) is 0 Å². The van der Waals surface area contributed by atoms with Crippen molar-refractivity contribution in [1.29, 1.82) is 5.26 Å². The van der Waals surface area contributed by atoms with Gasteiger partial charge in [-0.3, -0.25) is 0 Å². The summed E-state index contributed by atoms with van der Waals surface area (Å²) in [7, 11) is -3.94. The van der Waals surface area contributed by atoms with Crippen molar-refractivity contribution in [2.45, 2.75) is 4.90 Å². The Kier molecular flexibility index (Phi) is 5.43. The van der Waals surface area contributed by atoms with Gasteiger partial charge in [-0.05, 0) is 53.9 Å². The average molecular weight is 402 g/mol. The first kappa shape index (κ1) is 18.2. The molecule has 0 atom stereocenters. The maximum atomic E-state index is 12.7. The van der Waals surface area contributed by atoms with Crippen LogP contribution in [0.3, 0.4) is 0 Å². The molecule has 0 unspecified atom stereocenters. The molecule has 0 amide bonds. The number of ether oxygens (including phenoxy) is 1. The summed E-state index contributed by atoms with van der Waals surface area (Å²) in [6, 6.07) is 18.3. The molecule has 0 aliphatic rings. The smallest absolute Gasteiger partial charge is 0.216 e. The van der Waals surface area contributed by atoms with Crippen molar-refractivity contribution in [1.82, 2.24) is 0 Å². The summed E-state index contributed by atoms with van der Waals surface area (Å²) in [5.41, 5.74) is 0. The Morgan fingerprint density at radius 2 is 1.77 bits per heavy atom. The molecule has 4 nitrogen and oxygen atoms in total. The fourth-order valence-corrected chi connectivity index (χ4v) is 4.24. The minimum atomic E-state index is -3.94. The first-order chi connectivity index (χ1) is 12.5. The van der Waals surface area contributed by atoms with E-state index >= 15 is 0 Å². The van der Waals surface area contributed by atoms with E-state index in [4.69, 9.17) is 16.3 Å². The number of halogens is 1. The van der Waals surface area contributed by atoms with Crippen LogP contribution in [0.4, 0.5) is 0 Å². The van der Waals surface area contributed by atoms with Crippen LogP contribution >= 0.6 is 22.9 Å². The number of benzene rings is 2. The Balaban J connectivity index is 1.97. The molecule has 0 spiro atoms. The zero-order chi connectivity index (χ0) is 18.6. The van der Waals surface area contributed by atoms with Gasteiger partial charge < -0.3 is 4.74 Å². The van der Waals surface area contributed by atoms with Crippen LogP contribution in [0, 0.1) is 11.3 Å². The Hall–Kier alpha value is -2.59. The van der Waals surface area contributed by atoms with Crippen LogP contribution in [-0.4, -0.2) is 8.42 Å². The molecule has 0 radical (unpaired) electrons. The van der Waals surface area contributed by atoms with Gasteiger partial charge in [0.25, 0.3) is 0 Å². The van der Waals surface area contributed by atoms with Gasteiger partial charge in [-0.25, -0.2) is 8.42 Å². The molecular weight excluding hydrogens is 390 g/mol. The summed E-state index contributed by atoms with van der Waals surface area (Å²) in [5, 5.41) is 11.6. The molecule has 2 aromatic carbocycles. The maximum absolute atomic E-state index is 12.7. The van der Waals surface area contributed by atoms with E-state index in [1.165, 1.54) is 41.7 Å². The highest BCUT2D eigenvalue weighted by atomic mass is 35.5. The van der Waals surface area contributed by atoms with Gasteiger partial charge in [-0.2, -0.15) is 5.26 Å². The van der Waals surface area contributed by atoms with E-state index in [-0.39, 0.29) is 9.80 Å². The third kappa shape index (κ3) is 3.97. The lowest BCUT2D eigenvalue weighted by Gasteiger charge is -2.06. The van der Waals surface area contributed by atoms with Gasteiger partial charge in [0.2, 0.25) is 9.84 Å². The third-order valence-corrected chi connectivity index (χ3v) is 6.19. The number of thiophene rings is 1. The lowest BCUT2D eigenvalue weighted by Crippen LogP contribution is -2.03. The Labute approximate surface area is 160 Å². The minimum absolute atomic E-state index is 0.0109. The van der Waals surface area contributed by atoms with E-state index in [1.807, 2.05) is 18.2 Å². The molecule has 0 aliphatic heterocycles. The molecule has 26 heavy (non-hydrogen) atoms. The molecule has 1 aromatic heterocycles. The quantitative estimate of drug-likeness (QED) is 0.527. The molecule has 130 valence electrons. The highest BCUT2D eigenvalue weighted by Crippen LogP contribution is 2.33. The number of hydrogen-bond donors (Lipinski definition) is 0. The van der Waals surface area contributed by atoms with E-state index in [9.17, 15) is 13.7 Å². The predicted molar refractivity (Wildman–Crippen MR) is 103 cm³/mol. The normalized spacial score (nSPS) is 11.8. The molecule has 0 aliphatic carbocycles. The van der Waals surface area contributed by atoms with Gasteiger partial charge in [0.15, 0.2) is 4.91 Å². The van der Waals surface area contributed by atoms with Crippen LogP contribution in [0.5, 0.6) is 11.5 Å². The standard InChI is InChI=1S/C19H12ClNO3S2/c20-14-6-8-16(9-7-14)26(22,23)17(13-21)12-19-18(10-11-25-19)24-15-4-2-1-3-5-15/h1-12H/b17-12+. The lowest BCUT2D eigenvalue weighted by atomic mass is 10.3. The van der Waals surface area contributed by atoms with E-state index < -0.39 is 9.84 Å². The van der Waals surface area contributed by atoms with E-state index in [1.54, 1.807) is 29.6 Å². The highest BCUT2D eigenvalue weighted by molar-refractivity contribution is 7.95. The molecule has 1 heterocycles. The predicted octanol–water partition coefficient (Wildman–Crippen LogP) is 5.53. The molecule has 3 rings (SSSR count). The van der Waals surface area contributed by atoms with Crippen LogP contribution in [-0.2, 0) is 9.84 Å². The Morgan fingerprint density at radius 1 is 1.08 bits per heavy atom. The fourth-order valence-electron chi connectivity index (χ4n) is 2.14. The fraction of sp³-hybridized carbons (Fsp3) is 0. The molecule has 0 saturated heterocycles. The summed E-state index contributed by atoms with van der Waals surface area (Å²) >= 11 is 7.09. The van der Waals surface area contributed by atoms with Gasteiger partial charge in [-0.15, -0.1) is 11.3 Å². The summed E-state index contributed by atoms with van der Waals surface area (Å²) in [6.07, 6.45) is 1.33. The molecule has 0 fully saturated rings. The number of para-hydroxylation sites is 1. The summed E-state index contributed by atoms with van der Waals surface area (Å²) in [6.45, 7) is 0. The first-order valence-corrected chi connectivity index (χ1v) is 10.2. The number of allylic oxidation sites excluding steroid dienone is 1. The summed E-state index contributed by atoms with van der Waals surface area (Å²) in [4.78, 5) is 0.194. The second-order valence-corrected chi connectivity index (χ2v) is 8.44.